The molecule has 4 aromatic carbocycles. The maximum absolute atomic E-state index is 14.3. The van der Waals surface area contributed by atoms with E-state index in [1.807, 2.05) is 114 Å². The smallest absolute Gasteiger partial charge is 0.255 e. The first-order valence-corrected chi connectivity index (χ1v) is 30.1. The molecule has 0 saturated carbocycles. The number of aliphatic hydroxyl groups excluding tert-OH is 1. The molecule has 3 aliphatic rings. The zero-order valence-corrected chi connectivity index (χ0v) is 49.7. The maximum atomic E-state index is 14.3. The van der Waals surface area contributed by atoms with Crippen LogP contribution in [0, 0.1) is 33.6 Å². The van der Waals surface area contributed by atoms with Gasteiger partial charge in [0.15, 0.2) is 0 Å². The summed E-state index contributed by atoms with van der Waals surface area (Å²) in [6.07, 6.45) is 3.59. The normalized spacial score (nSPS) is 16.5. The SMILES string of the molecule is CCN(c1cc(-c2ccc(OCCCCCOCCOc3cc(-c4scnc4C)ccc3CNC(=O)[C@@H]3C[C@@H](O)CN3C(=O)[C@H](C(C)C)N3Cc4ccccc4C3=O)cc2)cc(C(=O)NCc2c(C)cc(C)[nH]c2=O)c1C)C1CCOCC1. The molecule has 17 nitrogen and oxygen atoms in total. The van der Waals surface area contributed by atoms with Crippen molar-refractivity contribution in [3.63, 3.8) is 0 Å². The van der Waals surface area contributed by atoms with Crippen LogP contribution in [0.15, 0.2) is 95.2 Å². The zero-order chi connectivity index (χ0) is 58.7. The largest absolute Gasteiger partial charge is 0.494 e. The molecule has 4 amide bonds. The molecule has 0 unspecified atom stereocenters. The highest BCUT2D eigenvalue weighted by atomic mass is 32.1. The number of nitrogens with zero attached hydrogens (tertiary/aromatic N) is 4. The summed E-state index contributed by atoms with van der Waals surface area (Å²) in [5, 5.41) is 16.9. The van der Waals surface area contributed by atoms with Crippen LogP contribution in [0.1, 0.15) is 119 Å². The number of hydrogen-bond acceptors (Lipinski definition) is 13. The quantitative estimate of drug-likeness (QED) is 0.0396. The van der Waals surface area contributed by atoms with Crippen LogP contribution in [0.3, 0.4) is 0 Å². The minimum Gasteiger partial charge on any atom is -0.494 e. The number of likely N-dealkylation sites (tertiary alicyclic amines) is 1. The fourth-order valence-corrected chi connectivity index (χ4v) is 12.5. The minimum atomic E-state index is -0.915. The Morgan fingerprint density at radius 2 is 1.61 bits per heavy atom. The fraction of sp³-hybridized carbons (Fsp3) is 0.446. The van der Waals surface area contributed by atoms with E-state index in [2.05, 4.69) is 38.5 Å². The van der Waals surface area contributed by atoms with E-state index in [9.17, 15) is 29.1 Å². The fourth-order valence-electron chi connectivity index (χ4n) is 11.7. The van der Waals surface area contributed by atoms with E-state index >= 15 is 0 Å². The average Bonchev–Trinajstić information content (AvgIpc) is 3.33. The molecular formula is C65H79N7O10S. The Labute approximate surface area is 490 Å². The van der Waals surface area contributed by atoms with Gasteiger partial charge in [0.05, 0.1) is 35.4 Å². The van der Waals surface area contributed by atoms with Crippen molar-refractivity contribution in [1.29, 1.82) is 0 Å². The van der Waals surface area contributed by atoms with Crippen LogP contribution in [0.25, 0.3) is 21.6 Å². The third-order valence-electron chi connectivity index (χ3n) is 16.2. The molecule has 2 aromatic heterocycles. The highest BCUT2D eigenvalue weighted by molar-refractivity contribution is 7.13. The van der Waals surface area contributed by atoms with E-state index in [4.69, 9.17) is 18.9 Å². The number of thiazole rings is 1. The maximum Gasteiger partial charge on any atom is 0.255 e. The molecule has 3 aliphatic heterocycles. The van der Waals surface area contributed by atoms with E-state index in [-0.39, 0.29) is 67.9 Å². The second kappa shape index (κ2) is 27.8. The number of aromatic nitrogens is 2. The summed E-state index contributed by atoms with van der Waals surface area (Å²) in [7, 11) is 0. The summed E-state index contributed by atoms with van der Waals surface area (Å²) in [6, 6.07) is 25.8. The number of aromatic amines is 1. The van der Waals surface area contributed by atoms with Crippen LogP contribution in [-0.2, 0) is 38.7 Å². The van der Waals surface area contributed by atoms with Gasteiger partial charge in [-0.1, -0.05) is 56.3 Å². The van der Waals surface area contributed by atoms with Gasteiger partial charge in [-0.25, -0.2) is 4.98 Å². The Bertz CT molecular complexity index is 3320. The molecule has 3 atom stereocenters. The number of aryl methyl sites for hydroxylation is 3. The molecule has 6 aromatic rings. The van der Waals surface area contributed by atoms with Crippen molar-refractivity contribution in [3.8, 4) is 33.1 Å². The van der Waals surface area contributed by atoms with Crippen molar-refractivity contribution in [2.24, 2.45) is 5.92 Å². The van der Waals surface area contributed by atoms with Crippen molar-refractivity contribution in [2.75, 3.05) is 57.6 Å². The average molecular weight is 1150 g/mol. The molecule has 0 spiro atoms. The van der Waals surface area contributed by atoms with E-state index in [0.717, 1.165) is 105 Å². The summed E-state index contributed by atoms with van der Waals surface area (Å²) in [5.41, 5.74) is 12.1. The number of β-amino-alcohol motifs (C(OH)–C–C–N with tert-alkyl or cyclic N) is 1. The van der Waals surface area contributed by atoms with Gasteiger partial charge in [-0.05, 0) is 148 Å². The lowest BCUT2D eigenvalue weighted by Crippen LogP contribution is -2.55. The van der Waals surface area contributed by atoms with Crippen molar-refractivity contribution >= 4 is 40.7 Å². The second-order valence-electron chi connectivity index (χ2n) is 22.3. The number of anilines is 1. The molecule has 0 aliphatic carbocycles. The van der Waals surface area contributed by atoms with Gasteiger partial charge in [0.2, 0.25) is 11.8 Å². The van der Waals surface area contributed by atoms with Crippen molar-refractivity contribution in [3.05, 3.63) is 151 Å². The predicted molar refractivity (Wildman–Crippen MR) is 322 cm³/mol. The van der Waals surface area contributed by atoms with E-state index in [1.165, 1.54) is 16.2 Å². The Balaban J connectivity index is 0.754. The number of unbranched alkanes of at least 4 members (excludes halogenated alkanes) is 2. The number of rotatable bonds is 25. The molecule has 5 heterocycles. The van der Waals surface area contributed by atoms with Gasteiger partial charge in [0, 0.05) is 98.6 Å². The van der Waals surface area contributed by atoms with Crippen LogP contribution < -0.4 is 30.6 Å². The number of carbonyl (C=O) groups excluding carboxylic acids is 4. The van der Waals surface area contributed by atoms with Crippen LogP contribution in [0.5, 0.6) is 11.5 Å². The molecule has 9 rings (SSSR count). The molecule has 440 valence electrons. The lowest BCUT2D eigenvalue weighted by molar-refractivity contribution is -0.143. The monoisotopic (exact) mass is 1150 g/mol. The number of carbonyl (C=O) groups is 4. The molecule has 0 bridgehead atoms. The number of fused-ring (bicyclic) bond motifs is 1. The molecule has 2 saturated heterocycles. The van der Waals surface area contributed by atoms with Crippen LogP contribution >= 0.6 is 11.3 Å². The molecular weight excluding hydrogens is 1070 g/mol. The number of nitrogens with one attached hydrogen (secondary N) is 3. The zero-order valence-electron chi connectivity index (χ0n) is 48.9. The Hall–Kier alpha value is -7.38. The van der Waals surface area contributed by atoms with Gasteiger partial charge in [-0.15, -0.1) is 11.3 Å². The second-order valence-corrected chi connectivity index (χ2v) is 23.2. The molecule has 4 N–H and O–H groups in total. The van der Waals surface area contributed by atoms with E-state index in [0.29, 0.717) is 62.0 Å². The van der Waals surface area contributed by atoms with Crippen molar-refractivity contribution < 1.29 is 43.2 Å². The van der Waals surface area contributed by atoms with Crippen LogP contribution in [-0.4, -0.2) is 125 Å². The number of pyridine rings is 1. The Morgan fingerprint density at radius 1 is 0.855 bits per heavy atom. The summed E-state index contributed by atoms with van der Waals surface area (Å²) >= 11 is 1.54. The van der Waals surface area contributed by atoms with E-state index < -0.39 is 24.1 Å². The topological polar surface area (TPSA) is 205 Å². The summed E-state index contributed by atoms with van der Waals surface area (Å²) in [5.74, 6) is -0.0883. The number of hydrogen-bond donors (Lipinski definition) is 4. The van der Waals surface area contributed by atoms with Crippen molar-refractivity contribution in [1.82, 2.24) is 30.4 Å². The highest BCUT2D eigenvalue weighted by Gasteiger charge is 2.46. The molecule has 83 heavy (non-hydrogen) atoms. The number of benzene rings is 4. The van der Waals surface area contributed by atoms with Gasteiger partial charge >= 0.3 is 0 Å². The number of amides is 4. The lowest BCUT2D eigenvalue weighted by Gasteiger charge is -2.37. The van der Waals surface area contributed by atoms with Crippen molar-refractivity contribution in [2.45, 2.75) is 131 Å². The highest BCUT2D eigenvalue weighted by Crippen LogP contribution is 2.36. The van der Waals surface area contributed by atoms with Gasteiger partial charge in [-0.2, -0.15) is 0 Å². The molecule has 18 heteroatoms. The van der Waals surface area contributed by atoms with Gasteiger partial charge in [-0.3, -0.25) is 24.0 Å². The minimum absolute atomic E-state index is 0.00269. The summed E-state index contributed by atoms with van der Waals surface area (Å²) in [6.45, 7) is 18.1. The number of H-pyrrole nitrogens is 1. The summed E-state index contributed by atoms with van der Waals surface area (Å²) < 4.78 is 24.2. The lowest BCUT2D eigenvalue weighted by atomic mass is 9.95. The Kier molecular flexibility index (Phi) is 20.2. The first-order chi connectivity index (χ1) is 40.1. The van der Waals surface area contributed by atoms with Crippen LogP contribution in [0.2, 0.25) is 0 Å². The van der Waals surface area contributed by atoms with Gasteiger partial charge in [0.25, 0.3) is 17.4 Å². The molecule has 0 radical (unpaired) electrons. The third-order valence-corrected chi connectivity index (χ3v) is 17.1. The first kappa shape index (κ1) is 60.2. The van der Waals surface area contributed by atoms with Crippen LogP contribution in [0.4, 0.5) is 5.69 Å². The van der Waals surface area contributed by atoms with Gasteiger partial charge in [0.1, 0.15) is 30.2 Å². The number of aliphatic hydroxyl groups is 1. The Morgan fingerprint density at radius 3 is 2.34 bits per heavy atom. The predicted octanol–water partition coefficient (Wildman–Crippen LogP) is 9.24. The van der Waals surface area contributed by atoms with E-state index in [1.54, 1.807) is 16.5 Å². The first-order valence-electron chi connectivity index (χ1n) is 29.2. The standard InChI is InChI=1S/C65H79N7O10S/c1-8-70(50-22-26-80-27-23-50)56-32-49(31-54(43(56)6)61(74)67-36-55-41(4)30-42(5)69-62(55)75)45-18-20-52(21-19-45)81-25-13-9-12-24-79-28-29-82-58-33-46(60-44(7)68-39-83-60)16-17-47(58)35-66-63(76)57-34-51(73)38-71(57)65(78)59(40(2)3)72-37-48-14-10-11-15-53(48)64(72)77/h10-11,14-21,30-33,39-40,50-51,57,59,73H,8-9,12-13,22-29,34-38H2,1-7H3,(H,66,76)(H,67,74)(H,69,75)/t51-,57+,59+/m1/s1. The van der Waals surface area contributed by atoms with Gasteiger partial charge < -0.3 is 54.4 Å². The molecule has 2 fully saturated rings. The number of ether oxygens (including phenoxy) is 4. The third kappa shape index (κ3) is 14.3. The summed E-state index contributed by atoms with van der Waals surface area (Å²) in [4.78, 5) is 82.4.